The highest BCUT2D eigenvalue weighted by molar-refractivity contribution is 7.14. The minimum Gasteiger partial charge on any atom is -0.497 e. The van der Waals surface area contributed by atoms with Crippen molar-refractivity contribution in [2.75, 3.05) is 19.0 Å². The first-order valence-electron chi connectivity index (χ1n) is 16.2. The molecule has 1 aromatic carbocycles. The quantitative estimate of drug-likeness (QED) is 0.270. The zero-order chi connectivity index (χ0) is 34.7. The van der Waals surface area contributed by atoms with Crippen molar-refractivity contribution >= 4 is 51.2 Å². The van der Waals surface area contributed by atoms with Crippen molar-refractivity contribution < 1.29 is 33.4 Å². The topological polar surface area (TPSA) is 175 Å². The van der Waals surface area contributed by atoms with Crippen LogP contribution in [-0.4, -0.2) is 76.6 Å². The number of thiazole rings is 1. The number of hydrogen-bond donors (Lipinski definition) is 3. The molecule has 4 amide bonds. The number of carbonyl (C=O) groups is 4. The van der Waals surface area contributed by atoms with E-state index in [1.54, 1.807) is 44.5 Å². The highest BCUT2D eigenvalue weighted by atomic mass is 32.1. The molecular formula is C34H44N6O7S. The normalized spacial score (nSPS) is 18.9. The molecule has 2 aliphatic rings. The fraction of sp³-hybridized carbons (Fsp3) is 0.529. The average Bonchev–Trinajstić information content (AvgIpc) is 3.80. The van der Waals surface area contributed by atoms with Crippen molar-refractivity contribution in [3.05, 3.63) is 29.6 Å². The average molecular weight is 681 g/mol. The van der Waals surface area contributed by atoms with Crippen LogP contribution in [0.15, 0.2) is 29.6 Å². The van der Waals surface area contributed by atoms with Crippen LogP contribution in [0.2, 0.25) is 0 Å². The number of methoxy groups -OCH3 is 1. The number of amides is 4. The van der Waals surface area contributed by atoms with Crippen molar-refractivity contribution in [3.63, 3.8) is 0 Å². The van der Waals surface area contributed by atoms with Crippen LogP contribution in [0.5, 0.6) is 11.5 Å². The molecule has 0 radical (unpaired) electrons. The number of alkyl carbamates (subject to hydrolysis) is 1. The van der Waals surface area contributed by atoms with Gasteiger partial charge in [0, 0.05) is 35.2 Å². The fourth-order valence-electron chi connectivity index (χ4n) is 5.93. The standard InChI is InChI=1S/C34H44N6O7S/c1-18(2)30(42)39-32-37-25(17-48-32)24-15-27(22-12-11-20(45-6)13-23(22)36-24)46-21-14-26(29(35)41)40(16-21)31(43)28(34(3,4)5)38-33(44)47-19-9-7-8-10-19/h11-13,15,17-19,21,26,28H,7-10,14,16H2,1-6H3,(H2,35,41)(H,38,44)(H,37,39,42)/t21-,26?,28?/m1/s1. The number of primary amides is 1. The summed E-state index contributed by atoms with van der Waals surface area (Å²) >= 11 is 1.28. The Labute approximate surface area is 283 Å². The Hall–Kier alpha value is -4.46. The van der Waals surface area contributed by atoms with Crippen LogP contribution in [0.1, 0.15) is 66.7 Å². The molecule has 48 heavy (non-hydrogen) atoms. The van der Waals surface area contributed by atoms with Crippen molar-refractivity contribution in [2.45, 2.75) is 91.0 Å². The van der Waals surface area contributed by atoms with E-state index in [4.69, 9.17) is 24.9 Å². The summed E-state index contributed by atoms with van der Waals surface area (Å²) in [6, 6.07) is 5.23. The first-order chi connectivity index (χ1) is 22.7. The molecule has 0 bridgehead atoms. The van der Waals surface area contributed by atoms with Crippen LogP contribution in [0, 0.1) is 11.3 Å². The second kappa shape index (κ2) is 14.3. The molecule has 258 valence electrons. The third-order valence-electron chi connectivity index (χ3n) is 8.62. The van der Waals surface area contributed by atoms with Gasteiger partial charge in [-0.15, -0.1) is 11.3 Å². The molecule has 2 fully saturated rings. The maximum atomic E-state index is 14.1. The number of aromatic nitrogens is 2. The Morgan fingerprint density at radius 3 is 2.42 bits per heavy atom. The molecule has 1 aliphatic heterocycles. The van der Waals surface area contributed by atoms with E-state index in [9.17, 15) is 19.2 Å². The lowest BCUT2D eigenvalue weighted by Gasteiger charge is -2.34. The van der Waals surface area contributed by atoms with E-state index < -0.39 is 41.5 Å². The van der Waals surface area contributed by atoms with Crippen LogP contribution in [0.3, 0.4) is 0 Å². The monoisotopic (exact) mass is 680 g/mol. The number of ether oxygens (including phenoxy) is 3. The molecule has 3 aromatic rings. The van der Waals surface area contributed by atoms with Crippen LogP contribution in [0.4, 0.5) is 9.93 Å². The van der Waals surface area contributed by atoms with E-state index in [1.807, 2.05) is 26.8 Å². The van der Waals surface area contributed by atoms with Gasteiger partial charge in [-0.25, -0.2) is 14.8 Å². The Morgan fingerprint density at radius 1 is 1.04 bits per heavy atom. The second-order valence-corrected chi connectivity index (χ2v) is 14.6. The number of carbonyl (C=O) groups excluding carboxylic acids is 4. The number of anilines is 1. The van der Waals surface area contributed by atoms with E-state index in [0.29, 0.717) is 38.9 Å². The molecule has 14 heteroatoms. The number of pyridine rings is 1. The van der Waals surface area contributed by atoms with Gasteiger partial charge in [-0.2, -0.15) is 0 Å². The molecule has 4 N–H and O–H groups in total. The van der Waals surface area contributed by atoms with Gasteiger partial charge < -0.3 is 35.5 Å². The second-order valence-electron chi connectivity index (χ2n) is 13.7. The van der Waals surface area contributed by atoms with Gasteiger partial charge in [0.15, 0.2) is 5.13 Å². The first-order valence-corrected chi connectivity index (χ1v) is 17.1. The Bertz CT molecular complexity index is 1680. The molecule has 1 aliphatic carbocycles. The SMILES string of the molecule is COc1ccc2c(O[C@@H]3CC(C(N)=O)N(C(=O)C(NC(=O)OC4CCCC4)C(C)(C)C)C3)cc(-c3csc(NC(=O)C(C)C)n3)nc2c1. The van der Waals surface area contributed by atoms with Gasteiger partial charge in [-0.1, -0.05) is 34.6 Å². The minimum absolute atomic E-state index is 0.0652. The van der Waals surface area contributed by atoms with Crippen molar-refractivity contribution in [1.29, 1.82) is 0 Å². The van der Waals surface area contributed by atoms with Gasteiger partial charge in [0.25, 0.3) is 0 Å². The highest BCUT2D eigenvalue weighted by Gasteiger charge is 2.45. The minimum atomic E-state index is -0.970. The zero-order valence-corrected chi connectivity index (χ0v) is 29.0. The largest absolute Gasteiger partial charge is 0.497 e. The van der Waals surface area contributed by atoms with Gasteiger partial charge in [0.2, 0.25) is 17.7 Å². The van der Waals surface area contributed by atoms with Crippen LogP contribution in [0.25, 0.3) is 22.3 Å². The summed E-state index contributed by atoms with van der Waals surface area (Å²) in [5.74, 6) is -0.393. The molecular weight excluding hydrogens is 636 g/mol. The van der Waals surface area contributed by atoms with Crippen LogP contribution >= 0.6 is 11.3 Å². The lowest BCUT2D eigenvalue weighted by atomic mass is 9.85. The number of likely N-dealkylation sites (tertiary alicyclic amines) is 1. The van der Waals surface area contributed by atoms with E-state index in [1.165, 1.54) is 16.2 Å². The maximum Gasteiger partial charge on any atom is 0.408 e. The Morgan fingerprint density at radius 2 is 1.77 bits per heavy atom. The number of nitrogens with two attached hydrogens (primary N) is 1. The molecule has 1 saturated heterocycles. The lowest BCUT2D eigenvalue weighted by Crippen LogP contribution is -2.57. The Balaban J connectivity index is 1.41. The zero-order valence-electron chi connectivity index (χ0n) is 28.2. The molecule has 3 atom stereocenters. The number of fused-ring (bicyclic) bond motifs is 1. The van der Waals surface area contributed by atoms with E-state index in [0.717, 1.165) is 25.7 Å². The van der Waals surface area contributed by atoms with Crippen molar-refractivity contribution in [2.24, 2.45) is 17.1 Å². The number of benzene rings is 1. The molecule has 2 unspecified atom stereocenters. The molecule has 5 rings (SSSR count). The third-order valence-corrected chi connectivity index (χ3v) is 9.38. The maximum absolute atomic E-state index is 14.1. The number of rotatable bonds is 10. The van der Waals surface area contributed by atoms with Crippen LogP contribution in [-0.2, 0) is 19.1 Å². The molecule has 2 aromatic heterocycles. The van der Waals surface area contributed by atoms with Gasteiger partial charge >= 0.3 is 6.09 Å². The first kappa shape index (κ1) is 34.9. The molecule has 13 nitrogen and oxygen atoms in total. The number of hydrogen-bond acceptors (Lipinski definition) is 10. The van der Waals surface area contributed by atoms with Crippen LogP contribution < -0.4 is 25.8 Å². The van der Waals surface area contributed by atoms with Gasteiger partial charge in [0.1, 0.15) is 41.5 Å². The van der Waals surface area contributed by atoms with E-state index in [-0.39, 0.29) is 30.9 Å². The summed E-state index contributed by atoms with van der Waals surface area (Å²) < 4.78 is 17.5. The number of nitrogens with zero attached hydrogens (tertiary/aromatic N) is 3. The summed E-state index contributed by atoms with van der Waals surface area (Å²) in [5, 5.41) is 8.51. The van der Waals surface area contributed by atoms with Gasteiger partial charge in [0.05, 0.1) is 24.9 Å². The highest BCUT2D eigenvalue weighted by Crippen LogP contribution is 2.36. The lowest BCUT2D eigenvalue weighted by molar-refractivity contribution is -0.141. The summed E-state index contributed by atoms with van der Waals surface area (Å²) in [7, 11) is 1.56. The summed E-state index contributed by atoms with van der Waals surface area (Å²) in [6.07, 6.45) is 2.32. The van der Waals surface area contributed by atoms with Gasteiger partial charge in [-0.05, 0) is 43.2 Å². The summed E-state index contributed by atoms with van der Waals surface area (Å²) in [6.45, 7) is 9.19. The summed E-state index contributed by atoms with van der Waals surface area (Å²) in [4.78, 5) is 62.6. The molecule has 3 heterocycles. The predicted octanol–water partition coefficient (Wildman–Crippen LogP) is 4.88. The molecule has 1 saturated carbocycles. The third kappa shape index (κ3) is 7.97. The molecule has 0 spiro atoms. The fourth-order valence-corrected chi connectivity index (χ4v) is 6.64. The smallest absolute Gasteiger partial charge is 0.408 e. The van der Waals surface area contributed by atoms with Crippen molar-refractivity contribution in [1.82, 2.24) is 20.2 Å². The summed E-state index contributed by atoms with van der Waals surface area (Å²) in [5.41, 5.74) is 6.75. The Kier molecular flexibility index (Phi) is 10.4. The van der Waals surface area contributed by atoms with E-state index in [2.05, 4.69) is 15.6 Å². The van der Waals surface area contributed by atoms with Gasteiger partial charge in [-0.3, -0.25) is 14.4 Å². The van der Waals surface area contributed by atoms with Crippen molar-refractivity contribution in [3.8, 4) is 22.9 Å². The number of nitrogens with one attached hydrogen (secondary N) is 2. The predicted molar refractivity (Wildman–Crippen MR) is 182 cm³/mol. The van der Waals surface area contributed by atoms with E-state index >= 15 is 0 Å².